The predicted octanol–water partition coefficient (Wildman–Crippen LogP) is 2.95. The molecular formula is C14H16ClF3N2O3. The number of nitrogens with one attached hydrogen (secondary N) is 1. The van der Waals surface area contributed by atoms with Crippen molar-refractivity contribution in [2.75, 3.05) is 25.5 Å². The van der Waals surface area contributed by atoms with Gasteiger partial charge in [-0.1, -0.05) is 18.5 Å². The number of benzene rings is 1. The highest BCUT2D eigenvalue weighted by molar-refractivity contribution is 6.33. The Labute approximate surface area is 136 Å². The molecule has 0 saturated heterocycles. The summed E-state index contributed by atoms with van der Waals surface area (Å²) in [4.78, 5) is 24.0. The lowest BCUT2D eigenvalue weighted by Gasteiger charge is -2.19. The Morgan fingerprint density at radius 1 is 1.39 bits per heavy atom. The summed E-state index contributed by atoms with van der Waals surface area (Å²) in [7, 11) is 1.53. The van der Waals surface area contributed by atoms with Crippen molar-refractivity contribution in [2.45, 2.75) is 13.1 Å². The summed E-state index contributed by atoms with van der Waals surface area (Å²) in [5, 5.41) is 11.1. The van der Waals surface area contributed by atoms with E-state index in [1.165, 1.54) is 18.9 Å². The van der Waals surface area contributed by atoms with Crippen LogP contribution in [0.4, 0.5) is 18.9 Å². The second-order valence-corrected chi connectivity index (χ2v) is 5.58. The maximum absolute atomic E-state index is 12.6. The van der Waals surface area contributed by atoms with Gasteiger partial charge < -0.3 is 10.4 Å². The number of likely N-dealkylation sites (N-methyl/N-ethyl adjacent to an activating group) is 1. The molecule has 1 amide bonds. The first kappa shape index (κ1) is 19.2. The third-order valence-electron chi connectivity index (χ3n) is 2.99. The van der Waals surface area contributed by atoms with E-state index < -0.39 is 29.5 Å². The molecule has 0 bridgehead atoms. The zero-order valence-electron chi connectivity index (χ0n) is 12.4. The van der Waals surface area contributed by atoms with Crippen molar-refractivity contribution in [3.63, 3.8) is 0 Å². The van der Waals surface area contributed by atoms with Gasteiger partial charge in [-0.25, -0.2) is 0 Å². The van der Waals surface area contributed by atoms with Gasteiger partial charge in [-0.15, -0.1) is 0 Å². The van der Waals surface area contributed by atoms with Crippen LogP contribution in [0.3, 0.4) is 0 Å². The zero-order chi connectivity index (χ0) is 17.8. The van der Waals surface area contributed by atoms with Gasteiger partial charge in [0.1, 0.15) is 0 Å². The highest BCUT2D eigenvalue weighted by Crippen LogP contribution is 2.33. The van der Waals surface area contributed by atoms with Gasteiger partial charge in [0.25, 0.3) is 0 Å². The SMILES string of the molecule is CC(CN(C)CC(=O)Nc1cc(C(F)(F)F)ccc1Cl)C(=O)O. The van der Waals surface area contributed by atoms with E-state index in [0.717, 1.165) is 18.2 Å². The lowest BCUT2D eigenvalue weighted by molar-refractivity contribution is -0.142. The summed E-state index contributed by atoms with van der Waals surface area (Å²) in [5.41, 5.74) is -1.07. The van der Waals surface area contributed by atoms with E-state index in [9.17, 15) is 22.8 Å². The number of aliphatic carboxylic acids is 1. The number of carbonyl (C=O) groups excluding carboxylic acids is 1. The van der Waals surface area contributed by atoms with Crippen LogP contribution in [0.2, 0.25) is 5.02 Å². The van der Waals surface area contributed by atoms with Gasteiger partial charge in [-0.3, -0.25) is 14.5 Å². The van der Waals surface area contributed by atoms with Gasteiger partial charge in [-0.05, 0) is 25.2 Å². The van der Waals surface area contributed by atoms with E-state index in [-0.39, 0.29) is 23.8 Å². The zero-order valence-corrected chi connectivity index (χ0v) is 13.2. The van der Waals surface area contributed by atoms with Crippen LogP contribution in [-0.4, -0.2) is 42.0 Å². The Morgan fingerprint density at radius 3 is 2.52 bits per heavy atom. The number of carbonyl (C=O) groups is 2. The molecule has 0 aliphatic heterocycles. The molecule has 0 aromatic heterocycles. The molecule has 1 aromatic rings. The smallest absolute Gasteiger partial charge is 0.416 e. The van der Waals surface area contributed by atoms with Crippen LogP contribution in [0.1, 0.15) is 12.5 Å². The maximum atomic E-state index is 12.6. The topological polar surface area (TPSA) is 69.6 Å². The monoisotopic (exact) mass is 352 g/mol. The van der Waals surface area contributed by atoms with Gasteiger partial charge in [0.2, 0.25) is 5.91 Å². The molecule has 0 spiro atoms. The minimum Gasteiger partial charge on any atom is -0.481 e. The fourth-order valence-electron chi connectivity index (χ4n) is 1.84. The lowest BCUT2D eigenvalue weighted by atomic mass is 10.2. The normalized spacial score (nSPS) is 13.0. The fraction of sp³-hybridized carbons (Fsp3) is 0.429. The van der Waals surface area contributed by atoms with Crippen molar-refractivity contribution in [2.24, 2.45) is 5.92 Å². The number of anilines is 1. The third-order valence-corrected chi connectivity index (χ3v) is 3.32. The average Bonchev–Trinajstić information content (AvgIpc) is 2.39. The third kappa shape index (κ3) is 6.07. The number of amides is 1. The molecule has 128 valence electrons. The standard InChI is InChI=1S/C14H16ClF3N2O3/c1-8(13(22)23)6-20(2)7-12(21)19-11-5-9(14(16,17)18)3-4-10(11)15/h3-5,8H,6-7H2,1-2H3,(H,19,21)(H,22,23). The van der Waals surface area contributed by atoms with E-state index in [0.29, 0.717) is 0 Å². The number of carboxylic acid groups (broad SMARTS) is 1. The van der Waals surface area contributed by atoms with Crippen LogP contribution in [0.15, 0.2) is 18.2 Å². The summed E-state index contributed by atoms with van der Waals surface area (Å²) in [5.74, 6) is -2.27. The van der Waals surface area contributed by atoms with E-state index in [1.54, 1.807) is 0 Å². The summed E-state index contributed by atoms with van der Waals surface area (Å²) in [6, 6.07) is 2.62. The van der Waals surface area contributed by atoms with Crippen LogP contribution in [0.25, 0.3) is 0 Å². The number of halogens is 4. The predicted molar refractivity (Wildman–Crippen MR) is 79.4 cm³/mol. The minimum absolute atomic E-state index is 0.0205. The van der Waals surface area contributed by atoms with Crippen LogP contribution < -0.4 is 5.32 Å². The molecule has 2 N–H and O–H groups in total. The Hall–Kier alpha value is -1.80. The second-order valence-electron chi connectivity index (χ2n) is 5.18. The maximum Gasteiger partial charge on any atom is 0.416 e. The molecule has 0 aliphatic rings. The van der Waals surface area contributed by atoms with Gasteiger partial charge >= 0.3 is 12.1 Å². The summed E-state index contributed by atoms with van der Waals surface area (Å²) < 4.78 is 37.9. The molecule has 0 heterocycles. The van der Waals surface area contributed by atoms with Crippen LogP contribution in [-0.2, 0) is 15.8 Å². The van der Waals surface area contributed by atoms with E-state index >= 15 is 0 Å². The number of carboxylic acids is 1. The molecule has 5 nitrogen and oxygen atoms in total. The molecule has 1 rings (SSSR count). The van der Waals surface area contributed by atoms with E-state index in [2.05, 4.69) is 5.32 Å². The lowest BCUT2D eigenvalue weighted by Crippen LogP contribution is -2.35. The highest BCUT2D eigenvalue weighted by Gasteiger charge is 2.31. The Balaban J connectivity index is 2.72. The summed E-state index contributed by atoms with van der Waals surface area (Å²) >= 11 is 5.78. The van der Waals surface area contributed by atoms with E-state index in [1.807, 2.05) is 0 Å². The van der Waals surface area contributed by atoms with E-state index in [4.69, 9.17) is 16.7 Å². The second kappa shape index (κ2) is 7.65. The summed E-state index contributed by atoms with van der Waals surface area (Å²) in [6.07, 6.45) is -4.54. The quantitative estimate of drug-likeness (QED) is 0.826. The van der Waals surface area contributed by atoms with Crippen LogP contribution in [0.5, 0.6) is 0 Å². The number of hydrogen-bond acceptors (Lipinski definition) is 3. The van der Waals surface area contributed by atoms with Crippen molar-refractivity contribution >= 4 is 29.2 Å². The van der Waals surface area contributed by atoms with Crippen molar-refractivity contribution < 1.29 is 27.9 Å². The molecule has 1 atom stereocenters. The Bertz CT molecular complexity index is 593. The Kier molecular flexibility index (Phi) is 6.40. The van der Waals surface area contributed by atoms with Crippen molar-refractivity contribution in [3.05, 3.63) is 28.8 Å². The largest absolute Gasteiger partial charge is 0.481 e. The van der Waals surface area contributed by atoms with Crippen molar-refractivity contribution in [1.29, 1.82) is 0 Å². The molecule has 0 aliphatic carbocycles. The molecule has 1 aromatic carbocycles. The van der Waals surface area contributed by atoms with Crippen molar-refractivity contribution in [3.8, 4) is 0 Å². The molecule has 1 unspecified atom stereocenters. The molecule has 23 heavy (non-hydrogen) atoms. The minimum atomic E-state index is -4.54. The van der Waals surface area contributed by atoms with Gasteiger partial charge in [0, 0.05) is 6.54 Å². The summed E-state index contributed by atoms with van der Waals surface area (Å²) in [6.45, 7) is 1.43. The molecule has 0 saturated carbocycles. The number of nitrogens with zero attached hydrogens (tertiary/aromatic N) is 1. The van der Waals surface area contributed by atoms with Crippen LogP contribution in [0, 0.1) is 5.92 Å². The fourth-order valence-corrected chi connectivity index (χ4v) is 2.01. The average molecular weight is 353 g/mol. The van der Waals surface area contributed by atoms with Gasteiger partial charge in [0.15, 0.2) is 0 Å². The number of hydrogen-bond donors (Lipinski definition) is 2. The van der Waals surface area contributed by atoms with Crippen molar-refractivity contribution in [1.82, 2.24) is 4.90 Å². The van der Waals surface area contributed by atoms with Gasteiger partial charge in [0.05, 0.1) is 28.7 Å². The molecular weight excluding hydrogens is 337 g/mol. The first-order valence-corrected chi connectivity index (χ1v) is 6.96. The number of rotatable bonds is 6. The number of alkyl halides is 3. The highest BCUT2D eigenvalue weighted by atomic mass is 35.5. The first-order valence-electron chi connectivity index (χ1n) is 6.58. The van der Waals surface area contributed by atoms with Crippen LogP contribution >= 0.6 is 11.6 Å². The molecule has 0 radical (unpaired) electrons. The van der Waals surface area contributed by atoms with Gasteiger partial charge in [-0.2, -0.15) is 13.2 Å². The molecule has 9 heteroatoms. The Morgan fingerprint density at radius 2 is 2.00 bits per heavy atom. The molecule has 0 fully saturated rings. The first-order chi connectivity index (χ1) is 10.5.